The van der Waals surface area contributed by atoms with Gasteiger partial charge in [-0.1, -0.05) is 42.2 Å². The smallest absolute Gasteiger partial charge is 0.104 e. The first-order valence-corrected chi connectivity index (χ1v) is 8.02. The normalized spacial score (nSPS) is 10.7. The van der Waals surface area contributed by atoms with Crippen molar-refractivity contribution in [3.8, 4) is 11.8 Å². The van der Waals surface area contributed by atoms with E-state index in [1.807, 2.05) is 12.1 Å². The lowest BCUT2D eigenvalue weighted by atomic mass is 10.1. The summed E-state index contributed by atoms with van der Waals surface area (Å²) < 4.78 is 0. The lowest BCUT2D eigenvalue weighted by molar-refractivity contribution is 0.205. The summed E-state index contributed by atoms with van der Waals surface area (Å²) in [5.74, 6) is 5.77. The van der Waals surface area contributed by atoms with Crippen molar-refractivity contribution in [2.24, 2.45) is 0 Å². The van der Waals surface area contributed by atoms with E-state index in [0.29, 0.717) is 6.04 Å². The van der Waals surface area contributed by atoms with Crippen molar-refractivity contribution in [3.63, 3.8) is 0 Å². The Morgan fingerprint density at radius 2 is 1.90 bits per heavy atom. The summed E-state index contributed by atoms with van der Waals surface area (Å²) in [6, 6.07) is 13.0. The van der Waals surface area contributed by atoms with Crippen LogP contribution in [0.3, 0.4) is 0 Å². The molecule has 1 N–H and O–H groups in total. The van der Waals surface area contributed by atoms with Crippen molar-refractivity contribution in [1.29, 1.82) is 0 Å². The van der Waals surface area contributed by atoms with Crippen LogP contribution in [0.2, 0.25) is 0 Å². The minimum Gasteiger partial charge on any atom is -0.384 e. The zero-order valence-corrected chi connectivity index (χ0v) is 13.4. The maximum Gasteiger partial charge on any atom is 0.104 e. The summed E-state index contributed by atoms with van der Waals surface area (Å²) in [5, 5.41) is 10.9. The molecule has 0 aliphatic heterocycles. The molecule has 0 spiro atoms. The molecule has 110 valence electrons. The average Bonchev–Trinajstić information content (AvgIpc) is 2.92. The molecular formula is C18H21NOS. The van der Waals surface area contributed by atoms with Gasteiger partial charge in [0.1, 0.15) is 6.61 Å². The first kappa shape index (κ1) is 15.8. The molecule has 1 aromatic heterocycles. The zero-order valence-electron chi connectivity index (χ0n) is 12.5. The topological polar surface area (TPSA) is 23.5 Å². The van der Waals surface area contributed by atoms with E-state index in [-0.39, 0.29) is 6.61 Å². The quantitative estimate of drug-likeness (QED) is 0.854. The van der Waals surface area contributed by atoms with Crippen LogP contribution in [0, 0.1) is 11.8 Å². The van der Waals surface area contributed by atoms with Crippen molar-refractivity contribution >= 4 is 11.3 Å². The second kappa shape index (κ2) is 7.99. The predicted molar refractivity (Wildman–Crippen MR) is 89.1 cm³/mol. The standard InChI is InChI=1S/C18H21NOS/c1-15(2)19(13-16-7-4-3-5-8-16)14-18-17(9-6-11-20)10-12-21-18/h3-5,7-8,10,12,15,20H,11,13-14H2,1-2H3. The van der Waals surface area contributed by atoms with E-state index in [2.05, 4.69) is 60.2 Å². The molecule has 0 radical (unpaired) electrons. The molecule has 0 amide bonds. The molecule has 0 aliphatic rings. The van der Waals surface area contributed by atoms with E-state index >= 15 is 0 Å². The molecule has 2 rings (SSSR count). The van der Waals surface area contributed by atoms with Gasteiger partial charge in [-0.15, -0.1) is 11.3 Å². The van der Waals surface area contributed by atoms with Gasteiger partial charge in [-0.25, -0.2) is 0 Å². The lowest BCUT2D eigenvalue weighted by Crippen LogP contribution is -2.29. The summed E-state index contributed by atoms with van der Waals surface area (Å²) >= 11 is 1.73. The second-order valence-corrected chi connectivity index (χ2v) is 6.20. The number of nitrogens with zero attached hydrogens (tertiary/aromatic N) is 1. The molecule has 1 aromatic carbocycles. The molecule has 3 heteroatoms. The maximum atomic E-state index is 8.84. The number of rotatable bonds is 5. The van der Waals surface area contributed by atoms with E-state index in [1.54, 1.807) is 11.3 Å². The molecule has 0 atom stereocenters. The monoisotopic (exact) mass is 299 g/mol. The van der Waals surface area contributed by atoms with Crippen molar-refractivity contribution < 1.29 is 5.11 Å². The van der Waals surface area contributed by atoms with Crippen LogP contribution in [-0.4, -0.2) is 22.7 Å². The van der Waals surface area contributed by atoms with Gasteiger partial charge in [0.2, 0.25) is 0 Å². The molecule has 0 saturated heterocycles. The van der Waals surface area contributed by atoms with Gasteiger partial charge in [-0.2, -0.15) is 0 Å². The third-order valence-electron chi connectivity index (χ3n) is 3.35. The second-order valence-electron chi connectivity index (χ2n) is 5.20. The Kier molecular flexibility index (Phi) is 6.01. The van der Waals surface area contributed by atoms with Crippen molar-refractivity contribution in [1.82, 2.24) is 4.90 Å². The molecule has 2 nitrogen and oxygen atoms in total. The minimum absolute atomic E-state index is 0.0901. The van der Waals surface area contributed by atoms with Crippen molar-refractivity contribution in [2.75, 3.05) is 6.61 Å². The predicted octanol–water partition coefficient (Wildman–Crippen LogP) is 3.50. The Hall–Kier alpha value is -1.60. The minimum atomic E-state index is -0.0901. The van der Waals surface area contributed by atoms with Crippen LogP contribution >= 0.6 is 11.3 Å². The van der Waals surface area contributed by atoms with Gasteiger partial charge in [0, 0.05) is 29.6 Å². The van der Waals surface area contributed by atoms with Gasteiger partial charge in [0.05, 0.1) is 0 Å². The molecule has 0 aliphatic carbocycles. The number of benzene rings is 1. The number of hydrogen-bond acceptors (Lipinski definition) is 3. The molecule has 0 unspecified atom stereocenters. The summed E-state index contributed by atoms with van der Waals surface area (Å²) in [5.41, 5.74) is 2.36. The Bertz CT molecular complexity index is 607. The van der Waals surface area contributed by atoms with Crippen LogP contribution in [0.1, 0.15) is 29.9 Å². The Labute approximate surface area is 131 Å². The highest BCUT2D eigenvalue weighted by atomic mass is 32.1. The SMILES string of the molecule is CC(C)N(Cc1ccccc1)Cc1sccc1C#CCO. The van der Waals surface area contributed by atoms with E-state index in [0.717, 1.165) is 18.7 Å². The number of aliphatic hydroxyl groups excluding tert-OH is 1. The number of thiophene rings is 1. The third kappa shape index (κ3) is 4.71. The van der Waals surface area contributed by atoms with Crippen LogP contribution in [0.5, 0.6) is 0 Å². The molecule has 0 bridgehead atoms. The summed E-state index contributed by atoms with van der Waals surface area (Å²) in [7, 11) is 0. The van der Waals surface area contributed by atoms with Gasteiger partial charge in [-0.05, 0) is 30.9 Å². The highest BCUT2D eigenvalue weighted by Gasteiger charge is 2.13. The Balaban J connectivity index is 2.12. The zero-order chi connectivity index (χ0) is 15.1. The Morgan fingerprint density at radius 3 is 2.57 bits per heavy atom. The summed E-state index contributed by atoms with van der Waals surface area (Å²) in [4.78, 5) is 3.70. The molecular weight excluding hydrogens is 278 g/mol. The largest absolute Gasteiger partial charge is 0.384 e. The number of aliphatic hydroxyl groups is 1. The summed E-state index contributed by atoms with van der Waals surface area (Å²) in [6.45, 7) is 6.17. The van der Waals surface area contributed by atoms with E-state index < -0.39 is 0 Å². The van der Waals surface area contributed by atoms with E-state index in [4.69, 9.17) is 5.11 Å². The van der Waals surface area contributed by atoms with Crippen LogP contribution in [-0.2, 0) is 13.1 Å². The van der Waals surface area contributed by atoms with Gasteiger partial charge in [0.25, 0.3) is 0 Å². The highest BCUT2D eigenvalue weighted by Crippen LogP contribution is 2.21. The van der Waals surface area contributed by atoms with Crippen LogP contribution in [0.15, 0.2) is 41.8 Å². The Morgan fingerprint density at radius 1 is 1.14 bits per heavy atom. The average molecular weight is 299 g/mol. The molecule has 21 heavy (non-hydrogen) atoms. The van der Waals surface area contributed by atoms with Gasteiger partial charge >= 0.3 is 0 Å². The highest BCUT2D eigenvalue weighted by molar-refractivity contribution is 7.10. The first-order valence-electron chi connectivity index (χ1n) is 7.14. The first-order chi connectivity index (χ1) is 10.2. The van der Waals surface area contributed by atoms with E-state index in [1.165, 1.54) is 10.4 Å². The van der Waals surface area contributed by atoms with Gasteiger partial charge in [0.15, 0.2) is 0 Å². The maximum absolute atomic E-state index is 8.84. The fraction of sp³-hybridized carbons (Fsp3) is 0.333. The summed E-state index contributed by atoms with van der Waals surface area (Å²) in [6.07, 6.45) is 0. The third-order valence-corrected chi connectivity index (χ3v) is 4.26. The number of hydrogen-bond donors (Lipinski definition) is 1. The van der Waals surface area contributed by atoms with Crippen molar-refractivity contribution in [3.05, 3.63) is 57.8 Å². The fourth-order valence-corrected chi connectivity index (χ4v) is 2.99. The van der Waals surface area contributed by atoms with E-state index in [9.17, 15) is 0 Å². The van der Waals surface area contributed by atoms with Crippen LogP contribution in [0.4, 0.5) is 0 Å². The van der Waals surface area contributed by atoms with Crippen molar-refractivity contribution in [2.45, 2.75) is 33.0 Å². The molecule has 0 fully saturated rings. The van der Waals surface area contributed by atoms with Gasteiger partial charge in [-0.3, -0.25) is 4.90 Å². The molecule has 0 saturated carbocycles. The van der Waals surface area contributed by atoms with Gasteiger partial charge < -0.3 is 5.11 Å². The van der Waals surface area contributed by atoms with Crippen LogP contribution < -0.4 is 0 Å². The lowest BCUT2D eigenvalue weighted by Gasteiger charge is -2.26. The fourth-order valence-electron chi connectivity index (χ4n) is 2.13. The molecule has 2 aromatic rings. The van der Waals surface area contributed by atoms with Crippen LogP contribution in [0.25, 0.3) is 0 Å². The molecule has 1 heterocycles.